The van der Waals surface area contributed by atoms with Crippen LogP contribution >= 0.6 is 0 Å². The molecule has 0 spiro atoms. The van der Waals surface area contributed by atoms with Crippen molar-refractivity contribution in [3.63, 3.8) is 0 Å². The van der Waals surface area contributed by atoms with Crippen molar-refractivity contribution in [1.29, 1.82) is 0 Å². The molecular weight excluding hydrogens is 188 g/mol. The molecule has 1 rings (SSSR count). The predicted octanol–water partition coefficient (Wildman–Crippen LogP) is 3.79. The second-order valence-corrected chi connectivity index (χ2v) is 4.14. The second kappa shape index (κ2) is 8.75. The number of carbonyl (C=O) groups excluding carboxylic acids is 1. The highest BCUT2D eigenvalue weighted by atomic mass is 16.5. The molecule has 0 amide bonds. The van der Waals surface area contributed by atoms with Crippen LogP contribution in [0, 0.1) is 11.8 Å². The van der Waals surface area contributed by atoms with E-state index in [4.69, 9.17) is 4.74 Å². The normalized spacial score (nSPS) is 25.1. The first-order valence-electron chi connectivity index (χ1n) is 6.38. The minimum atomic E-state index is -0.0120. The molecule has 0 saturated heterocycles. The molecule has 2 heteroatoms. The first-order chi connectivity index (χ1) is 7.22. The summed E-state index contributed by atoms with van der Waals surface area (Å²) in [7, 11) is 0. The number of hydrogen-bond acceptors (Lipinski definition) is 2. The van der Waals surface area contributed by atoms with Gasteiger partial charge in [-0.05, 0) is 31.6 Å². The van der Waals surface area contributed by atoms with Crippen molar-refractivity contribution in [2.45, 2.75) is 59.8 Å². The van der Waals surface area contributed by atoms with E-state index in [-0.39, 0.29) is 5.97 Å². The van der Waals surface area contributed by atoms with Crippen LogP contribution in [0.4, 0.5) is 0 Å². The van der Waals surface area contributed by atoms with Gasteiger partial charge in [0, 0.05) is 6.42 Å². The van der Waals surface area contributed by atoms with Crippen LogP contribution in [-0.2, 0) is 9.53 Å². The summed E-state index contributed by atoms with van der Waals surface area (Å²) in [5.41, 5.74) is 0. The lowest BCUT2D eigenvalue weighted by Crippen LogP contribution is -2.17. The summed E-state index contributed by atoms with van der Waals surface area (Å²) < 4.78 is 4.93. The van der Waals surface area contributed by atoms with E-state index in [1.807, 2.05) is 20.8 Å². The smallest absolute Gasteiger partial charge is 0.306 e. The monoisotopic (exact) mass is 214 g/mol. The van der Waals surface area contributed by atoms with Gasteiger partial charge < -0.3 is 4.74 Å². The molecule has 0 aromatic rings. The third kappa shape index (κ3) is 6.53. The van der Waals surface area contributed by atoms with Crippen molar-refractivity contribution in [2.24, 2.45) is 11.8 Å². The van der Waals surface area contributed by atoms with E-state index in [2.05, 4.69) is 6.92 Å². The standard InChI is InChI=1S/C11H20O2.C2H6/c1-3-13-11(12)8-10-6-4-9(2)5-7-10;1-2/h9-10H,3-8H2,1-2H3;1-2H3. The molecule has 90 valence electrons. The molecule has 0 unspecified atom stereocenters. The maximum absolute atomic E-state index is 11.2. The van der Waals surface area contributed by atoms with Gasteiger partial charge in [0.15, 0.2) is 0 Å². The van der Waals surface area contributed by atoms with Gasteiger partial charge in [-0.25, -0.2) is 0 Å². The summed E-state index contributed by atoms with van der Waals surface area (Å²) >= 11 is 0. The van der Waals surface area contributed by atoms with E-state index < -0.39 is 0 Å². The van der Waals surface area contributed by atoms with Gasteiger partial charge in [-0.2, -0.15) is 0 Å². The van der Waals surface area contributed by atoms with Gasteiger partial charge in [0.2, 0.25) is 0 Å². The van der Waals surface area contributed by atoms with Crippen molar-refractivity contribution >= 4 is 5.97 Å². The number of ether oxygens (including phenoxy) is 1. The summed E-state index contributed by atoms with van der Waals surface area (Å²) in [5.74, 6) is 1.44. The first kappa shape index (κ1) is 14.5. The zero-order valence-corrected chi connectivity index (χ0v) is 10.7. The van der Waals surface area contributed by atoms with Crippen LogP contribution in [0.3, 0.4) is 0 Å². The highest BCUT2D eigenvalue weighted by Gasteiger charge is 2.20. The van der Waals surface area contributed by atoms with E-state index in [1.165, 1.54) is 25.7 Å². The molecule has 0 aliphatic heterocycles. The fourth-order valence-electron chi connectivity index (χ4n) is 1.99. The highest BCUT2D eigenvalue weighted by Crippen LogP contribution is 2.30. The van der Waals surface area contributed by atoms with Crippen molar-refractivity contribution in [2.75, 3.05) is 6.61 Å². The van der Waals surface area contributed by atoms with Crippen LogP contribution in [0.1, 0.15) is 59.8 Å². The molecule has 0 radical (unpaired) electrons. The summed E-state index contributed by atoms with van der Waals surface area (Å²) in [6.07, 6.45) is 5.62. The van der Waals surface area contributed by atoms with E-state index in [9.17, 15) is 4.79 Å². The Morgan fingerprint density at radius 1 is 1.20 bits per heavy atom. The maximum Gasteiger partial charge on any atom is 0.306 e. The molecule has 0 N–H and O–H groups in total. The Kier molecular flexibility index (Phi) is 8.44. The Bertz CT molecular complexity index is 158. The van der Waals surface area contributed by atoms with Gasteiger partial charge in [-0.1, -0.05) is 33.6 Å². The van der Waals surface area contributed by atoms with Crippen molar-refractivity contribution in [3.05, 3.63) is 0 Å². The lowest BCUT2D eigenvalue weighted by molar-refractivity contribution is -0.144. The van der Waals surface area contributed by atoms with Crippen LogP contribution in [0.15, 0.2) is 0 Å². The van der Waals surface area contributed by atoms with E-state index in [0.29, 0.717) is 18.9 Å². The molecule has 1 fully saturated rings. The lowest BCUT2D eigenvalue weighted by Gasteiger charge is -2.25. The average molecular weight is 214 g/mol. The molecule has 0 aromatic carbocycles. The topological polar surface area (TPSA) is 26.3 Å². The Balaban J connectivity index is 0.000000921. The molecule has 0 bridgehead atoms. The number of hydrogen-bond donors (Lipinski definition) is 0. The second-order valence-electron chi connectivity index (χ2n) is 4.14. The maximum atomic E-state index is 11.2. The SMILES string of the molecule is CC.CCOC(=O)CC1CCC(C)CC1. The Hall–Kier alpha value is -0.530. The third-order valence-electron chi connectivity index (χ3n) is 2.90. The van der Waals surface area contributed by atoms with Gasteiger partial charge in [0.1, 0.15) is 0 Å². The molecule has 2 nitrogen and oxygen atoms in total. The number of rotatable bonds is 3. The predicted molar refractivity (Wildman–Crippen MR) is 63.7 cm³/mol. The summed E-state index contributed by atoms with van der Waals surface area (Å²) in [5, 5.41) is 0. The van der Waals surface area contributed by atoms with Crippen molar-refractivity contribution in [3.8, 4) is 0 Å². The summed E-state index contributed by atoms with van der Waals surface area (Å²) in [6, 6.07) is 0. The molecule has 0 heterocycles. The van der Waals surface area contributed by atoms with Crippen LogP contribution < -0.4 is 0 Å². The minimum Gasteiger partial charge on any atom is -0.466 e. The summed E-state index contributed by atoms with van der Waals surface area (Å²) in [4.78, 5) is 11.2. The number of carbonyl (C=O) groups is 1. The van der Waals surface area contributed by atoms with E-state index in [0.717, 1.165) is 5.92 Å². The van der Waals surface area contributed by atoms with Crippen LogP contribution in [0.2, 0.25) is 0 Å². The van der Waals surface area contributed by atoms with E-state index in [1.54, 1.807) is 0 Å². The summed E-state index contributed by atoms with van der Waals surface area (Å²) in [6.45, 7) is 8.67. The van der Waals surface area contributed by atoms with Crippen LogP contribution in [0.5, 0.6) is 0 Å². The molecule has 15 heavy (non-hydrogen) atoms. The third-order valence-corrected chi connectivity index (χ3v) is 2.90. The van der Waals surface area contributed by atoms with Gasteiger partial charge in [0.05, 0.1) is 6.61 Å². The zero-order chi connectivity index (χ0) is 11.7. The number of esters is 1. The van der Waals surface area contributed by atoms with Gasteiger partial charge in [-0.15, -0.1) is 0 Å². The van der Waals surface area contributed by atoms with E-state index >= 15 is 0 Å². The van der Waals surface area contributed by atoms with Crippen molar-refractivity contribution < 1.29 is 9.53 Å². The lowest BCUT2D eigenvalue weighted by atomic mass is 9.81. The Morgan fingerprint density at radius 2 is 1.73 bits per heavy atom. The quantitative estimate of drug-likeness (QED) is 0.668. The molecule has 0 atom stereocenters. The highest BCUT2D eigenvalue weighted by molar-refractivity contribution is 5.69. The molecule has 1 saturated carbocycles. The van der Waals surface area contributed by atoms with Gasteiger partial charge in [-0.3, -0.25) is 4.79 Å². The van der Waals surface area contributed by atoms with Gasteiger partial charge >= 0.3 is 5.97 Å². The van der Waals surface area contributed by atoms with Gasteiger partial charge in [0.25, 0.3) is 0 Å². The largest absolute Gasteiger partial charge is 0.466 e. The zero-order valence-electron chi connectivity index (χ0n) is 10.7. The fourth-order valence-corrected chi connectivity index (χ4v) is 1.99. The van der Waals surface area contributed by atoms with Crippen molar-refractivity contribution in [1.82, 2.24) is 0 Å². The first-order valence-corrected chi connectivity index (χ1v) is 6.38. The minimum absolute atomic E-state index is 0.0120. The average Bonchev–Trinajstić information content (AvgIpc) is 2.25. The molecule has 0 aromatic heterocycles. The van der Waals surface area contributed by atoms with Crippen LogP contribution in [0.25, 0.3) is 0 Å². The Morgan fingerprint density at radius 3 is 2.20 bits per heavy atom. The fraction of sp³-hybridized carbons (Fsp3) is 0.923. The van der Waals surface area contributed by atoms with Crippen LogP contribution in [-0.4, -0.2) is 12.6 Å². The molecular formula is C13H26O2. The molecule has 1 aliphatic carbocycles. The molecule has 1 aliphatic rings. The Labute approximate surface area is 94.4 Å².